The summed E-state index contributed by atoms with van der Waals surface area (Å²) in [6.07, 6.45) is 4.57. The van der Waals surface area contributed by atoms with Crippen molar-refractivity contribution < 1.29 is 24.3 Å². The first-order chi connectivity index (χ1) is 16.5. The number of hydrogen-bond acceptors (Lipinski definition) is 7. The maximum Gasteiger partial charge on any atom is 0.276 e. The highest BCUT2D eigenvalue weighted by molar-refractivity contribution is 6.02. The van der Waals surface area contributed by atoms with Crippen molar-refractivity contribution in [3.05, 3.63) is 87.5 Å². The number of nitro groups is 1. The van der Waals surface area contributed by atoms with Crippen LogP contribution >= 0.6 is 0 Å². The molecule has 8 nitrogen and oxygen atoms in total. The van der Waals surface area contributed by atoms with Gasteiger partial charge in [-0.3, -0.25) is 14.9 Å². The van der Waals surface area contributed by atoms with Crippen molar-refractivity contribution in [1.29, 1.82) is 0 Å². The largest absolute Gasteiger partial charge is 0.497 e. The first-order valence-corrected chi connectivity index (χ1v) is 11.2. The molecule has 0 saturated carbocycles. The Bertz CT molecular complexity index is 1050. The van der Waals surface area contributed by atoms with Gasteiger partial charge in [-0.1, -0.05) is 30.3 Å². The predicted octanol–water partition coefficient (Wildman–Crippen LogP) is 3.69. The molecule has 0 amide bonds. The maximum absolute atomic E-state index is 13.0. The molecule has 2 aromatic carbocycles. The Balaban J connectivity index is 1.69. The lowest BCUT2D eigenvalue weighted by atomic mass is 9.81. The Morgan fingerprint density at radius 3 is 2.68 bits per heavy atom. The number of rotatable bonds is 12. The summed E-state index contributed by atoms with van der Waals surface area (Å²) < 4.78 is 11.0. The molecule has 0 aliphatic heterocycles. The smallest absolute Gasteiger partial charge is 0.276 e. The van der Waals surface area contributed by atoms with E-state index in [9.17, 15) is 14.9 Å². The van der Waals surface area contributed by atoms with Crippen LogP contribution in [0.1, 0.15) is 24.0 Å². The highest BCUT2D eigenvalue weighted by Gasteiger charge is 2.28. The lowest BCUT2D eigenvalue weighted by molar-refractivity contribution is -0.385. The third-order valence-corrected chi connectivity index (χ3v) is 5.77. The molecule has 0 radical (unpaired) electrons. The molecule has 0 heterocycles. The normalized spacial score (nSPS) is 16.3. The number of nitro benzene ring substituents is 1. The first-order valence-electron chi connectivity index (χ1n) is 11.2. The van der Waals surface area contributed by atoms with Gasteiger partial charge in [-0.15, -0.1) is 0 Å². The molecule has 34 heavy (non-hydrogen) atoms. The third kappa shape index (κ3) is 6.84. The van der Waals surface area contributed by atoms with Crippen LogP contribution < -0.4 is 10.1 Å². The number of carbonyl (C=O) groups excluding carboxylic acids is 1. The Hall–Kier alpha value is -3.33. The van der Waals surface area contributed by atoms with Gasteiger partial charge in [-0.25, -0.2) is 0 Å². The van der Waals surface area contributed by atoms with E-state index in [0.717, 1.165) is 16.9 Å². The van der Waals surface area contributed by atoms with E-state index in [1.54, 1.807) is 25.3 Å². The quantitative estimate of drug-likeness (QED) is 0.212. The van der Waals surface area contributed by atoms with Gasteiger partial charge in [0, 0.05) is 25.1 Å². The standard InChI is InChI=1S/C26H30N2O6/c1-33-22-9-6-19(7-10-22)18-34-15-12-21(17-27-13-14-29)24-11-8-20(16-26(24)30)23-4-2-3-5-25(23)28(31)32/h2-7,9-10,12,16,24,27,29H,8,11,13-15,17-18H2,1H3/b21-12+/t24-/m1/s1. The average molecular weight is 467 g/mol. The lowest BCUT2D eigenvalue weighted by Gasteiger charge is -2.24. The van der Waals surface area contributed by atoms with Gasteiger partial charge < -0.3 is 19.9 Å². The predicted molar refractivity (Wildman–Crippen MR) is 129 cm³/mol. The van der Waals surface area contributed by atoms with Gasteiger partial charge in [-0.05, 0) is 53.8 Å². The van der Waals surface area contributed by atoms with Crippen LogP contribution in [0.25, 0.3) is 5.57 Å². The number of aliphatic hydroxyl groups excluding tert-OH is 1. The maximum atomic E-state index is 13.0. The number of nitrogens with one attached hydrogen (secondary N) is 1. The van der Waals surface area contributed by atoms with Crippen molar-refractivity contribution >= 4 is 17.0 Å². The van der Waals surface area contributed by atoms with Crippen molar-refractivity contribution in [2.45, 2.75) is 19.4 Å². The second kappa shape index (κ2) is 12.8. The first kappa shape index (κ1) is 25.3. The number of aliphatic hydroxyl groups is 1. The van der Waals surface area contributed by atoms with Crippen LogP contribution in [0.2, 0.25) is 0 Å². The van der Waals surface area contributed by atoms with E-state index in [4.69, 9.17) is 14.6 Å². The Kier molecular flexibility index (Phi) is 9.51. The minimum atomic E-state index is -0.420. The van der Waals surface area contributed by atoms with E-state index < -0.39 is 4.92 Å². The second-order valence-electron chi connectivity index (χ2n) is 7.98. The Labute approximate surface area is 199 Å². The number of allylic oxidation sites excluding steroid dienone is 2. The number of nitrogens with zero attached hydrogens (tertiary/aromatic N) is 1. The molecule has 1 aliphatic carbocycles. The summed E-state index contributed by atoms with van der Waals surface area (Å²) in [5, 5.41) is 23.6. The highest BCUT2D eigenvalue weighted by Crippen LogP contribution is 2.35. The van der Waals surface area contributed by atoms with Crippen LogP contribution in [-0.2, 0) is 16.1 Å². The fourth-order valence-electron chi connectivity index (χ4n) is 3.99. The zero-order valence-electron chi connectivity index (χ0n) is 19.2. The van der Waals surface area contributed by atoms with E-state index in [1.807, 2.05) is 30.3 Å². The van der Waals surface area contributed by atoms with Crippen molar-refractivity contribution in [2.24, 2.45) is 5.92 Å². The molecular weight excluding hydrogens is 436 g/mol. The van der Waals surface area contributed by atoms with Gasteiger partial charge in [-0.2, -0.15) is 0 Å². The molecule has 180 valence electrons. The van der Waals surface area contributed by atoms with Crippen LogP contribution in [0.3, 0.4) is 0 Å². The molecule has 1 aliphatic rings. The van der Waals surface area contributed by atoms with Gasteiger partial charge in [0.15, 0.2) is 5.78 Å². The van der Waals surface area contributed by atoms with Gasteiger partial charge >= 0.3 is 0 Å². The van der Waals surface area contributed by atoms with Gasteiger partial charge in [0.1, 0.15) is 5.75 Å². The number of ketones is 1. The van der Waals surface area contributed by atoms with Gasteiger partial charge in [0.2, 0.25) is 0 Å². The lowest BCUT2D eigenvalue weighted by Crippen LogP contribution is -2.28. The van der Waals surface area contributed by atoms with Crippen LogP contribution in [-0.4, -0.2) is 49.2 Å². The number of benzene rings is 2. The van der Waals surface area contributed by atoms with E-state index in [-0.39, 0.29) is 24.0 Å². The van der Waals surface area contributed by atoms with Crippen molar-refractivity contribution in [2.75, 3.05) is 33.4 Å². The number of carbonyl (C=O) groups is 1. The topological polar surface area (TPSA) is 111 Å². The van der Waals surface area contributed by atoms with E-state index in [1.165, 1.54) is 12.1 Å². The fourth-order valence-corrected chi connectivity index (χ4v) is 3.99. The van der Waals surface area contributed by atoms with Crippen molar-refractivity contribution in [3.8, 4) is 5.75 Å². The summed E-state index contributed by atoms with van der Waals surface area (Å²) in [5.41, 5.74) is 3.09. The molecule has 0 aromatic heterocycles. The van der Waals surface area contributed by atoms with Crippen LogP contribution in [0.15, 0.2) is 66.3 Å². The molecule has 0 fully saturated rings. The highest BCUT2D eigenvalue weighted by atomic mass is 16.6. The Morgan fingerprint density at radius 2 is 2.00 bits per heavy atom. The fraction of sp³-hybridized carbons (Fsp3) is 0.346. The number of ether oxygens (including phenoxy) is 2. The molecule has 8 heteroatoms. The molecule has 1 atom stereocenters. The van der Waals surface area contributed by atoms with Crippen molar-refractivity contribution in [3.63, 3.8) is 0 Å². The van der Waals surface area contributed by atoms with Gasteiger partial charge in [0.05, 0.1) is 37.4 Å². The summed E-state index contributed by atoms with van der Waals surface area (Å²) in [4.78, 5) is 24.0. The average Bonchev–Trinajstić information content (AvgIpc) is 2.86. The second-order valence-corrected chi connectivity index (χ2v) is 7.98. The summed E-state index contributed by atoms with van der Waals surface area (Å²) in [5.74, 6) is 0.374. The molecular formula is C26H30N2O6. The minimum Gasteiger partial charge on any atom is -0.497 e. The van der Waals surface area contributed by atoms with Gasteiger partial charge in [0.25, 0.3) is 5.69 Å². The SMILES string of the molecule is COc1ccc(COC/C=C(\CNCCO)[C@H]2CCC(c3ccccc3[N+](=O)[O-])=CC2=O)cc1. The van der Waals surface area contributed by atoms with Crippen LogP contribution in [0.5, 0.6) is 5.75 Å². The number of para-hydroxylation sites is 1. The summed E-state index contributed by atoms with van der Waals surface area (Å²) in [6, 6.07) is 14.1. The van der Waals surface area contributed by atoms with E-state index in [0.29, 0.717) is 50.3 Å². The Morgan fingerprint density at radius 1 is 1.24 bits per heavy atom. The summed E-state index contributed by atoms with van der Waals surface area (Å²) in [7, 11) is 1.62. The van der Waals surface area contributed by atoms with Crippen molar-refractivity contribution in [1.82, 2.24) is 5.32 Å². The molecule has 2 aromatic rings. The minimum absolute atomic E-state index is 0.00158. The summed E-state index contributed by atoms with van der Waals surface area (Å²) in [6.45, 7) is 1.65. The van der Waals surface area contributed by atoms with E-state index >= 15 is 0 Å². The molecule has 2 N–H and O–H groups in total. The summed E-state index contributed by atoms with van der Waals surface area (Å²) >= 11 is 0. The third-order valence-electron chi connectivity index (χ3n) is 5.77. The monoisotopic (exact) mass is 466 g/mol. The number of methoxy groups -OCH3 is 1. The molecule has 0 bridgehead atoms. The zero-order chi connectivity index (χ0) is 24.3. The molecule has 0 spiro atoms. The molecule has 0 saturated heterocycles. The van der Waals surface area contributed by atoms with Crippen LogP contribution in [0.4, 0.5) is 5.69 Å². The molecule has 0 unspecified atom stereocenters. The zero-order valence-corrected chi connectivity index (χ0v) is 19.2. The number of hydrogen-bond donors (Lipinski definition) is 2. The van der Waals surface area contributed by atoms with E-state index in [2.05, 4.69) is 5.32 Å². The van der Waals surface area contributed by atoms with Crippen LogP contribution in [0, 0.1) is 16.0 Å². The molecule has 3 rings (SSSR count).